The molecule has 1 aromatic heterocycles. The van der Waals surface area contributed by atoms with Crippen LogP contribution in [0.1, 0.15) is 37.2 Å². The number of hydrogen-bond acceptors (Lipinski definition) is 4. The molecule has 0 aliphatic heterocycles. The molecule has 1 unspecified atom stereocenters. The molecule has 0 aromatic carbocycles. The lowest BCUT2D eigenvalue weighted by Crippen LogP contribution is -2.28. The summed E-state index contributed by atoms with van der Waals surface area (Å²) in [6, 6.07) is 0. The number of nitrogen functional groups attached to an aromatic ring is 1. The van der Waals surface area contributed by atoms with Gasteiger partial charge in [-0.1, -0.05) is 0 Å². The van der Waals surface area contributed by atoms with Gasteiger partial charge in [-0.15, -0.1) is 0 Å². The molecule has 17 heavy (non-hydrogen) atoms. The van der Waals surface area contributed by atoms with Gasteiger partial charge in [-0.05, 0) is 26.7 Å². The Morgan fingerprint density at radius 2 is 2.41 bits per heavy atom. The Balaban J connectivity index is 2.49. The number of nitrogens with one attached hydrogen (secondary N) is 1. The smallest absolute Gasteiger partial charge is 0.271 e. The number of carbonyl (C=O) groups is 1. The molecule has 96 valence electrons. The highest BCUT2D eigenvalue weighted by Gasteiger charge is 2.15. The molecule has 1 rings (SSSR count). The minimum Gasteiger partial charge on any atom is -0.396 e. The molecular weight excluding hydrogens is 220 g/mol. The highest BCUT2D eigenvalue weighted by molar-refractivity contribution is 5.97. The number of nitrogens with zero attached hydrogens (tertiary/aromatic N) is 2. The third-order valence-electron chi connectivity index (χ3n) is 2.47. The number of carbonyl (C=O) groups excluding carboxylic acids is 1. The van der Waals surface area contributed by atoms with Crippen molar-refractivity contribution in [2.75, 3.05) is 12.3 Å². The van der Waals surface area contributed by atoms with Crippen LogP contribution in [-0.2, 0) is 6.54 Å². The normalized spacial score (nSPS) is 12.4. The van der Waals surface area contributed by atoms with Crippen molar-refractivity contribution in [1.29, 1.82) is 0 Å². The summed E-state index contributed by atoms with van der Waals surface area (Å²) < 4.78 is 1.57. The van der Waals surface area contributed by atoms with Gasteiger partial charge in [0.25, 0.3) is 5.91 Å². The van der Waals surface area contributed by atoms with E-state index < -0.39 is 0 Å². The number of aryl methyl sites for hydroxylation is 1. The molecular formula is C11H20N4O2. The Morgan fingerprint density at radius 1 is 1.71 bits per heavy atom. The van der Waals surface area contributed by atoms with Crippen LogP contribution >= 0.6 is 0 Å². The molecule has 4 N–H and O–H groups in total. The molecule has 0 spiro atoms. The fraction of sp³-hybridized carbons (Fsp3) is 0.636. The van der Waals surface area contributed by atoms with Gasteiger partial charge in [0.2, 0.25) is 0 Å². The first-order valence-electron chi connectivity index (χ1n) is 5.83. The van der Waals surface area contributed by atoms with Gasteiger partial charge in [0.1, 0.15) is 5.69 Å². The molecule has 6 heteroatoms. The summed E-state index contributed by atoms with van der Waals surface area (Å²) in [7, 11) is 0. The van der Waals surface area contributed by atoms with Crippen molar-refractivity contribution in [3.05, 3.63) is 11.9 Å². The van der Waals surface area contributed by atoms with Gasteiger partial charge in [0, 0.05) is 13.1 Å². The topological polar surface area (TPSA) is 93.2 Å². The lowest BCUT2D eigenvalue weighted by Gasteiger charge is -2.08. The van der Waals surface area contributed by atoms with E-state index >= 15 is 0 Å². The SMILES string of the molecule is CCn1ncc(N)c1C(=O)NCCCC(C)O. The van der Waals surface area contributed by atoms with Crippen molar-refractivity contribution in [2.24, 2.45) is 0 Å². The number of aliphatic hydroxyl groups is 1. The summed E-state index contributed by atoms with van der Waals surface area (Å²) in [6.45, 7) is 4.76. The first-order chi connectivity index (χ1) is 8.06. The van der Waals surface area contributed by atoms with Crippen molar-refractivity contribution in [2.45, 2.75) is 39.3 Å². The Labute approximate surface area is 101 Å². The van der Waals surface area contributed by atoms with Gasteiger partial charge >= 0.3 is 0 Å². The molecule has 0 aliphatic rings. The maximum atomic E-state index is 11.8. The lowest BCUT2D eigenvalue weighted by molar-refractivity contribution is 0.0940. The molecule has 0 saturated carbocycles. The van der Waals surface area contributed by atoms with Gasteiger partial charge in [0.05, 0.1) is 18.0 Å². The zero-order chi connectivity index (χ0) is 12.8. The lowest BCUT2D eigenvalue weighted by atomic mass is 10.2. The average molecular weight is 240 g/mol. The second-order valence-electron chi connectivity index (χ2n) is 4.01. The molecule has 0 bridgehead atoms. The molecule has 0 fully saturated rings. The fourth-order valence-electron chi connectivity index (χ4n) is 1.57. The van der Waals surface area contributed by atoms with Crippen LogP contribution in [0.5, 0.6) is 0 Å². The Bertz CT molecular complexity index is 374. The van der Waals surface area contributed by atoms with E-state index in [1.807, 2.05) is 6.92 Å². The number of rotatable bonds is 6. The molecule has 6 nitrogen and oxygen atoms in total. The zero-order valence-electron chi connectivity index (χ0n) is 10.3. The number of nitrogens with two attached hydrogens (primary N) is 1. The summed E-state index contributed by atoms with van der Waals surface area (Å²) in [5.74, 6) is -0.215. The third-order valence-corrected chi connectivity index (χ3v) is 2.47. The summed E-state index contributed by atoms with van der Waals surface area (Å²) >= 11 is 0. The van der Waals surface area contributed by atoms with Crippen LogP contribution in [0.4, 0.5) is 5.69 Å². The predicted molar refractivity (Wildman–Crippen MR) is 65.6 cm³/mol. The van der Waals surface area contributed by atoms with Gasteiger partial charge in [0.15, 0.2) is 0 Å². The molecule has 1 atom stereocenters. The fourth-order valence-corrected chi connectivity index (χ4v) is 1.57. The first kappa shape index (κ1) is 13.5. The molecule has 1 aromatic rings. The van der Waals surface area contributed by atoms with Gasteiger partial charge in [-0.2, -0.15) is 5.10 Å². The van der Waals surface area contributed by atoms with Crippen LogP contribution in [0.15, 0.2) is 6.20 Å². The summed E-state index contributed by atoms with van der Waals surface area (Å²) in [4.78, 5) is 11.8. The van der Waals surface area contributed by atoms with E-state index in [1.54, 1.807) is 11.6 Å². The van der Waals surface area contributed by atoms with Crippen molar-refractivity contribution in [3.8, 4) is 0 Å². The predicted octanol–water partition coefficient (Wildman–Crippen LogP) is 0.376. The highest BCUT2D eigenvalue weighted by atomic mass is 16.3. The van der Waals surface area contributed by atoms with Crippen molar-refractivity contribution < 1.29 is 9.90 Å². The van der Waals surface area contributed by atoms with E-state index in [2.05, 4.69) is 10.4 Å². The maximum Gasteiger partial charge on any atom is 0.271 e. The van der Waals surface area contributed by atoms with Gasteiger partial charge < -0.3 is 16.2 Å². The minimum absolute atomic E-state index is 0.215. The summed E-state index contributed by atoms with van der Waals surface area (Å²) in [5.41, 5.74) is 6.48. The quantitative estimate of drug-likeness (QED) is 0.626. The molecule has 0 aliphatic carbocycles. The Hall–Kier alpha value is -1.56. The Kier molecular flexibility index (Phi) is 4.96. The number of anilines is 1. The van der Waals surface area contributed by atoms with Crippen molar-refractivity contribution in [3.63, 3.8) is 0 Å². The number of hydrogen-bond donors (Lipinski definition) is 3. The number of aromatic nitrogens is 2. The van der Waals surface area contributed by atoms with Crippen LogP contribution in [0.3, 0.4) is 0 Å². The molecule has 0 radical (unpaired) electrons. The molecule has 0 saturated heterocycles. The monoisotopic (exact) mass is 240 g/mol. The van der Waals surface area contributed by atoms with Crippen LogP contribution in [0.2, 0.25) is 0 Å². The molecule has 1 heterocycles. The second-order valence-corrected chi connectivity index (χ2v) is 4.01. The second kappa shape index (κ2) is 6.24. The van der Waals surface area contributed by atoms with Crippen LogP contribution in [0.25, 0.3) is 0 Å². The van der Waals surface area contributed by atoms with Crippen molar-refractivity contribution >= 4 is 11.6 Å². The third kappa shape index (κ3) is 3.74. The van der Waals surface area contributed by atoms with E-state index in [4.69, 9.17) is 10.8 Å². The molecule has 1 amide bonds. The first-order valence-corrected chi connectivity index (χ1v) is 5.83. The standard InChI is InChI=1S/C11H20N4O2/c1-3-15-10(9(12)7-14-15)11(17)13-6-4-5-8(2)16/h7-8,16H,3-6,12H2,1-2H3,(H,13,17). The van der Waals surface area contributed by atoms with E-state index in [1.165, 1.54) is 6.20 Å². The Morgan fingerprint density at radius 3 is 3.00 bits per heavy atom. The van der Waals surface area contributed by atoms with Crippen LogP contribution in [-0.4, -0.2) is 33.4 Å². The number of amides is 1. The zero-order valence-corrected chi connectivity index (χ0v) is 10.3. The number of aliphatic hydroxyl groups excluding tert-OH is 1. The van der Waals surface area contributed by atoms with Gasteiger partial charge in [-0.25, -0.2) is 0 Å². The van der Waals surface area contributed by atoms with E-state index in [0.29, 0.717) is 30.9 Å². The largest absolute Gasteiger partial charge is 0.396 e. The highest BCUT2D eigenvalue weighted by Crippen LogP contribution is 2.10. The maximum absolute atomic E-state index is 11.8. The summed E-state index contributed by atoms with van der Waals surface area (Å²) in [6.07, 6.45) is 2.55. The van der Waals surface area contributed by atoms with Crippen LogP contribution in [0, 0.1) is 0 Å². The van der Waals surface area contributed by atoms with Crippen molar-refractivity contribution in [1.82, 2.24) is 15.1 Å². The minimum atomic E-state index is -0.335. The van der Waals surface area contributed by atoms with E-state index in [9.17, 15) is 4.79 Å². The average Bonchev–Trinajstić information content (AvgIpc) is 2.65. The van der Waals surface area contributed by atoms with Crippen LogP contribution < -0.4 is 11.1 Å². The van der Waals surface area contributed by atoms with E-state index in [-0.39, 0.29) is 12.0 Å². The van der Waals surface area contributed by atoms with E-state index in [0.717, 1.165) is 6.42 Å². The summed E-state index contributed by atoms with van der Waals surface area (Å²) in [5, 5.41) is 15.8. The van der Waals surface area contributed by atoms with Gasteiger partial charge in [-0.3, -0.25) is 9.48 Å².